The van der Waals surface area contributed by atoms with Crippen molar-refractivity contribution in [3.63, 3.8) is 0 Å². The van der Waals surface area contributed by atoms with Crippen LogP contribution in [0.1, 0.15) is 10.4 Å². The van der Waals surface area contributed by atoms with Crippen molar-refractivity contribution >= 4 is 27.1 Å². The third-order valence-electron chi connectivity index (χ3n) is 2.65. The number of nitrogens with zero attached hydrogens (tertiary/aromatic N) is 2. The number of hydrogen-bond acceptors (Lipinski definition) is 6. The van der Waals surface area contributed by atoms with Gasteiger partial charge in [-0.05, 0) is 6.07 Å². The zero-order valence-corrected chi connectivity index (χ0v) is 11.9. The molecule has 0 fully saturated rings. The fourth-order valence-electron chi connectivity index (χ4n) is 1.51. The largest absolute Gasteiger partial charge is 0.393 e. The molecule has 1 aromatic rings. The predicted molar refractivity (Wildman–Crippen MR) is 74.2 cm³/mol. The average Bonchev–Trinajstić information content (AvgIpc) is 2.34. The second-order valence-corrected chi connectivity index (χ2v) is 6.61. The molecule has 0 aliphatic heterocycles. The highest BCUT2D eigenvalue weighted by molar-refractivity contribution is 7.90. The summed E-state index contributed by atoms with van der Waals surface area (Å²) in [5.74, 6) is -0.751. The molecule has 0 aliphatic carbocycles. The van der Waals surface area contributed by atoms with Gasteiger partial charge < -0.3 is 10.6 Å². The molecule has 20 heavy (non-hydrogen) atoms. The van der Waals surface area contributed by atoms with Crippen LogP contribution in [0.15, 0.2) is 18.2 Å². The molecular weight excluding hydrogens is 286 g/mol. The third-order valence-corrected chi connectivity index (χ3v) is 3.58. The lowest BCUT2D eigenvalue weighted by Crippen LogP contribution is -2.32. The molecule has 0 atom stereocenters. The van der Waals surface area contributed by atoms with Crippen molar-refractivity contribution in [1.82, 2.24) is 4.90 Å². The Morgan fingerprint density at radius 3 is 2.55 bits per heavy atom. The number of benzene rings is 1. The molecule has 0 unspecified atom stereocenters. The van der Waals surface area contributed by atoms with Gasteiger partial charge in [0.1, 0.15) is 15.5 Å². The molecule has 0 saturated carbocycles. The van der Waals surface area contributed by atoms with E-state index in [1.165, 1.54) is 25.2 Å². The number of nitro benzene ring substituents is 1. The molecule has 0 bridgehead atoms. The van der Waals surface area contributed by atoms with Crippen LogP contribution in [-0.4, -0.2) is 49.7 Å². The first-order valence-corrected chi connectivity index (χ1v) is 7.65. The maximum atomic E-state index is 12.1. The fourth-order valence-corrected chi connectivity index (χ4v) is 2.11. The van der Waals surface area contributed by atoms with Crippen LogP contribution in [0, 0.1) is 10.1 Å². The highest BCUT2D eigenvalue weighted by Crippen LogP contribution is 2.25. The van der Waals surface area contributed by atoms with Gasteiger partial charge in [0.15, 0.2) is 0 Å². The van der Waals surface area contributed by atoms with E-state index in [-0.39, 0.29) is 29.2 Å². The number of hydrogen-bond donors (Lipinski definition) is 1. The van der Waals surface area contributed by atoms with E-state index in [9.17, 15) is 23.3 Å². The van der Waals surface area contributed by atoms with E-state index in [2.05, 4.69) is 0 Å². The number of sulfone groups is 1. The highest BCUT2D eigenvalue weighted by Gasteiger charge is 2.21. The maximum Gasteiger partial charge on any atom is 0.292 e. The van der Waals surface area contributed by atoms with Crippen LogP contribution in [0.4, 0.5) is 11.4 Å². The van der Waals surface area contributed by atoms with Gasteiger partial charge in [-0.15, -0.1) is 0 Å². The van der Waals surface area contributed by atoms with Gasteiger partial charge in [-0.2, -0.15) is 0 Å². The topological polar surface area (TPSA) is 124 Å². The molecule has 0 aromatic heterocycles. The zero-order chi connectivity index (χ0) is 15.5. The van der Waals surface area contributed by atoms with Crippen molar-refractivity contribution in [2.75, 3.05) is 31.3 Å². The number of nitrogen functional groups attached to an aromatic ring is 1. The SMILES string of the molecule is CN(CCS(C)(=O)=O)C(=O)c1cccc([N+](=O)[O-])c1N. The van der Waals surface area contributed by atoms with Crippen LogP contribution in [0.3, 0.4) is 0 Å². The summed E-state index contributed by atoms with van der Waals surface area (Å²) in [4.78, 5) is 23.3. The minimum absolute atomic E-state index is 0.0141. The van der Waals surface area contributed by atoms with E-state index in [4.69, 9.17) is 5.73 Å². The van der Waals surface area contributed by atoms with Gasteiger partial charge in [0.25, 0.3) is 11.6 Å². The first-order chi connectivity index (χ1) is 9.13. The number of anilines is 1. The molecule has 110 valence electrons. The maximum absolute atomic E-state index is 12.1. The molecule has 0 heterocycles. The number of para-hydroxylation sites is 1. The summed E-state index contributed by atoms with van der Waals surface area (Å²) in [6.07, 6.45) is 1.06. The number of nitro groups is 1. The van der Waals surface area contributed by atoms with Crippen LogP contribution in [-0.2, 0) is 9.84 Å². The molecule has 1 amide bonds. The van der Waals surface area contributed by atoms with Crippen molar-refractivity contribution in [2.24, 2.45) is 0 Å². The van der Waals surface area contributed by atoms with Crippen LogP contribution >= 0.6 is 0 Å². The molecule has 9 heteroatoms. The summed E-state index contributed by atoms with van der Waals surface area (Å²) in [6, 6.07) is 3.91. The summed E-state index contributed by atoms with van der Waals surface area (Å²) in [6.45, 7) is -0.0141. The van der Waals surface area contributed by atoms with E-state index in [1.54, 1.807) is 0 Å². The van der Waals surface area contributed by atoms with E-state index < -0.39 is 20.7 Å². The summed E-state index contributed by atoms with van der Waals surface area (Å²) < 4.78 is 22.1. The Morgan fingerprint density at radius 1 is 1.45 bits per heavy atom. The Kier molecular flexibility index (Phi) is 4.66. The van der Waals surface area contributed by atoms with E-state index in [1.807, 2.05) is 0 Å². The number of carbonyl (C=O) groups is 1. The summed E-state index contributed by atoms with van der Waals surface area (Å²) in [5, 5.41) is 10.7. The van der Waals surface area contributed by atoms with Crippen LogP contribution in [0.5, 0.6) is 0 Å². The molecule has 0 aliphatic rings. The van der Waals surface area contributed by atoms with Crippen LogP contribution in [0.25, 0.3) is 0 Å². The first-order valence-electron chi connectivity index (χ1n) is 5.59. The van der Waals surface area contributed by atoms with Crippen LogP contribution < -0.4 is 5.73 Å². The Morgan fingerprint density at radius 2 is 2.05 bits per heavy atom. The zero-order valence-electron chi connectivity index (χ0n) is 11.1. The molecule has 8 nitrogen and oxygen atoms in total. The fraction of sp³-hybridized carbons (Fsp3) is 0.364. The Hall–Kier alpha value is -2.16. The summed E-state index contributed by atoms with van der Waals surface area (Å²) in [7, 11) is -1.79. The third kappa shape index (κ3) is 3.92. The second kappa shape index (κ2) is 5.87. The minimum Gasteiger partial charge on any atom is -0.393 e. The molecule has 1 rings (SSSR count). The van der Waals surface area contributed by atoms with Gasteiger partial charge in [0.05, 0.1) is 16.2 Å². The van der Waals surface area contributed by atoms with Crippen LogP contribution in [0.2, 0.25) is 0 Å². The monoisotopic (exact) mass is 301 g/mol. The van der Waals surface area contributed by atoms with Gasteiger partial charge >= 0.3 is 0 Å². The Labute approximate surface area is 116 Å². The van der Waals surface area contributed by atoms with Gasteiger partial charge in [0, 0.05) is 25.9 Å². The Balaban J connectivity index is 2.98. The average molecular weight is 301 g/mol. The smallest absolute Gasteiger partial charge is 0.292 e. The lowest BCUT2D eigenvalue weighted by molar-refractivity contribution is -0.383. The second-order valence-electron chi connectivity index (χ2n) is 4.35. The molecule has 2 N–H and O–H groups in total. The Bertz CT molecular complexity index is 641. The van der Waals surface area contributed by atoms with Gasteiger partial charge in [-0.1, -0.05) is 6.07 Å². The highest BCUT2D eigenvalue weighted by atomic mass is 32.2. The van der Waals surface area contributed by atoms with Crippen molar-refractivity contribution in [2.45, 2.75) is 0 Å². The molecule has 0 radical (unpaired) electrons. The number of nitrogens with two attached hydrogens (primary N) is 1. The molecule has 1 aromatic carbocycles. The molecule has 0 saturated heterocycles. The van der Waals surface area contributed by atoms with E-state index >= 15 is 0 Å². The number of rotatable bonds is 5. The van der Waals surface area contributed by atoms with E-state index in [0.29, 0.717) is 0 Å². The van der Waals surface area contributed by atoms with Crippen molar-refractivity contribution in [1.29, 1.82) is 0 Å². The van der Waals surface area contributed by atoms with Gasteiger partial charge in [-0.25, -0.2) is 8.42 Å². The van der Waals surface area contributed by atoms with E-state index in [0.717, 1.165) is 11.2 Å². The standard InChI is InChI=1S/C11H15N3O5S/c1-13(6-7-20(2,18)19)11(15)8-4-3-5-9(10(8)12)14(16)17/h3-5H,6-7,12H2,1-2H3. The van der Waals surface area contributed by atoms with Crippen molar-refractivity contribution in [3.8, 4) is 0 Å². The van der Waals surface area contributed by atoms with Gasteiger partial charge in [-0.3, -0.25) is 14.9 Å². The summed E-state index contributed by atoms with van der Waals surface area (Å²) >= 11 is 0. The number of carbonyl (C=O) groups excluding carboxylic acids is 1. The lowest BCUT2D eigenvalue weighted by atomic mass is 10.1. The first kappa shape index (κ1) is 15.9. The van der Waals surface area contributed by atoms with Gasteiger partial charge in [0.2, 0.25) is 0 Å². The minimum atomic E-state index is -3.20. The predicted octanol–water partition coefficient (Wildman–Crippen LogP) is 0.294. The van der Waals surface area contributed by atoms with Crippen molar-refractivity contribution < 1.29 is 18.1 Å². The molecule has 0 spiro atoms. The number of amides is 1. The summed E-state index contributed by atoms with van der Waals surface area (Å²) in [5.41, 5.74) is 5.00. The van der Waals surface area contributed by atoms with Crippen molar-refractivity contribution in [3.05, 3.63) is 33.9 Å². The molecular formula is C11H15N3O5S. The normalized spacial score (nSPS) is 11.1. The lowest BCUT2D eigenvalue weighted by Gasteiger charge is -2.17. The quantitative estimate of drug-likeness (QED) is 0.473.